The summed E-state index contributed by atoms with van der Waals surface area (Å²) >= 11 is 12.5. The SMILES string of the molecule is Cc1c(C(=O)N2CCN(Cc3c(Cl)cccc3Cl)CC2)cnn1C. The van der Waals surface area contributed by atoms with E-state index in [0.717, 1.165) is 24.3 Å². The zero-order chi connectivity index (χ0) is 17.3. The third-order valence-corrected chi connectivity index (χ3v) is 5.28. The number of carbonyl (C=O) groups excluding carboxylic acids is 1. The van der Waals surface area contributed by atoms with Crippen LogP contribution in [0.25, 0.3) is 0 Å². The second-order valence-electron chi connectivity index (χ2n) is 6.04. The van der Waals surface area contributed by atoms with Crippen molar-refractivity contribution < 1.29 is 4.79 Å². The molecule has 2 aromatic rings. The van der Waals surface area contributed by atoms with Crippen LogP contribution < -0.4 is 0 Å². The molecule has 0 unspecified atom stereocenters. The first-order valence-corrected chi connectivity index (χ1v) is 8.66. The Balaban J connectivity index is 1.62. The molecule has 3 rings (SSSR count). The number of piperazine rings is 1. The fourth-order valence-electron chi connectivity index (χ4n) is 2.90. The standard InChI is InChI=1S/C17H20Cl2N4O/c1-12-13(10-20-21(12)2)17(24)23-8-6-22(7-9-23)11-14-15(18)4-3-5-16(14)19/h3-5,10H,6-9,11H2,1-2H3. The minimum absolute atomic E-state index is 0.0519. The molecule has 0 atom stereocenters. The molecule has 0 aliphatic carbocycles. The Hall–Kier alpha value is -1.56. The lowest BCUT2D eigenvalue weighted by atomic mass is 10.1. The molecule has 7 heteroatoms. The van der Waals surface area contributed by atoms with Crippen LogP contribution in [0.4, 0.5) is 0 Å². The number of aromatic nitrogens is 2. The van der Waals surface area contributed by atoms with E-state index >= 15 is 0 Å². The van der Waals surface area contributed by atoms with Crippen molar-refractivity contribution in [1.82, 2.24) is 19.6 Å². The van der Waals surface area contributed by atoms with Gasteiger partial charge < -0.3 is 4.90 Å². The molecule has 0 radical (unpaired) electrons. The van der Waals surface area contributed by atoms with Gasteiger partial charge in [0.25, 0.3) is 5.91 Å². The van der Waals surface area contributed by atoms with Gasteiger partial charge in [0.2, 0.25) is 0 Å². The van der Waals surface area contributed by atoms with Gasteiger partial charge in [0.05, 0.1) is 11.8 Å². The largest absolute Gasteiger partial charge is 0.336 e. The van der Waals surface area contributed by atoms with Crippen LogP contribution in [0.5, 0.6) is 0 Å². The fourth-order valence-corrected chi connectivity index (χ4v) is 3.41. The average molecular weight is 367 g/mol. The lowest BCUT2D eigenvalue weighted by Gasteiger charge is -2.35. The summed E-state index contributed by atoms with van der Waals surface area (Å²) in [7, 11) is 1.84. The molecule has 5 nitrogen and oxygen atoms in total. The van der Waals surface area contributed by atoms with Gasteiger partial charge in [-0.3, -0.25) is 14.4 Å². The summed E-state index contributed by atoms with van der Waals surface area (Å²) < 4.78 is 1.73. The van der Waals surface area contributed by atoms with E-state index in [1.54, 1.807) is 10.9 Å². The molecule has 128 valence electrons. The number of amides is 1. The smallest absolute Gasteiger partial charge is 0.257 e. The summed E-state index contributed by atoms with van der Waals surface area (Å²) in [6, 6.07) is 5.56. The average Bonchev–Trinajstić information content (AvgIpc) is 2.90. The third-order valence-electron chi connectivity index (χ3n) is 4.57. The molecule has 1 amide bonds. The maximum absolute atomic E-state index is 12.6. The van der Waals surface area contributed by atoms with Gasteiger partial charge >= 0.3 is 0 Å². The van der Waals surface area contributed by atoms with E-state index in [1.165, 1.54) is 0 Å². The van der Waals surface area contributed by atoms with Crippen molar-refractivity contribution in [3.63, 3.8) is 0 Å². The van der Waals surface area contributed by atoms with E-state index in [1.807, 2.05) is 37.1 Å². The number of carbonyl (C=O) groups is 1. The Labute approximate surface area is 151 Å². The number of hydrogen-bond acceptors (Lipinski definition) is 3. The Morgan fingerprint density at radius 3 is 2.33 bits per heavy atom. The molecule has 24 heavy (non-hydrogen) atoms. The number of aryl methyl sites for hydroxylation is 1. The maximum atomic E-state index is 12.6. The van der Waals surface area contributed by atoms with Crippen LogP contribution in [0.3, 0.4) is 0 Å². The van der Waals surface area contributed by atoms with E-state index < -0.39 is 0 Å². The second-order valence-corrected chi connectivity index (χ2v) is 6.85. The molecule has 1 aromatic carbocycles. The van der Waals surface area contributed by atoms with E-state index in [9.17, 15) is 4.79 Å². The zero-order valence-corrected chi connectivity index (χ0v) is 15.3. The van der Waals surface area contributed by atoms with Crippen LogP contribution in [-0.2, 0) is 13.6 Å². The van der Waals surface area contributed by atoms with Gasteiger partial charge in [-0.1, -0.05) is 29.3 Å². The molecule has 1 fully saturated rings. The Kier molecular flexibility index (Phi) is 5.13. The Morgan fingerprint density at radius 2 is 1.79 bits per heavy atom. The lowest BCUT2D eigenvalue weighted by molar-refractivity contribution is 0.0627. The van der Waals surface area contributed by atoms with Gasteiger partial charge in [0.15, 0.2) is 0 Å². The molecular formula is C17H20Cl2N4O. The Morgan fingerprint density at radius 1 is 1.17 bits per heavy atom. The number of benzene rings is 1. The fraction of sp³-hybridized carbons (Fsp3) is 0.412. The molecule has 1 saturated heterocycles. The normalized spacial score (nSPS) is 15.8. The molecule has 0 saturated carbocycles. The van der Waals surface area contributed by atoms with Crippen LogP contribution in [0.2, 0.25) is 10.0 Å². The molecule has 0 N–H and O–H groups in total. The van der Waals surface area contributed by atoms with Gasteiger partial charge in [-0.15, -0.1) is 0 Å². The van der Waals surface area contributed by atoms with Crippen LogP contribution >= 0.6 is 23.2 Å². The summed E-state index contributed by atoms with van der Waals surface area (Å²) in [4.78, 5) is 16.8. The molecule has 1 aliphatic heterocycles. The molecular weight excluding hydrogens is 347 g/mol. The minimum atomic E-state index is 0.0519. The van der Waals surface area contributed by atoms with Crippen molar-refractivity contribution in [2.24, 2.45) is 7.05 Å². The Bertz CT molecular complexity index is 731. The first kappa shape index (κ1) is 17.3. The molecule has 1 aliphatic rings. The van der Waals surface area contributed by atoms with Crippen LogP contribution in [-0.4, -0.2) is 51.7 Å². The monoisotopic (exact) mass is 366 g/mol. The summed E-state index contributed by atoms with van der Waals surface area (Å²) in [5.74, 6) is 0.0519. The van der Waals surface area contributed by atoms with Crippen molar-refractivity contribution in [2.45, 2.75) is 13.5 Å². The highest BCUT2D eigenvalue weighted by Gasteiger charge is 2.25. The van der Waals surface area contributed by atoms with E-state index in [-0.39, 0.29) is 5.91 Å². The number of halogens is 2. The quantitative estimate of drug-likeness (QED) is 0.838. The molecule has 2 heterocycles. The van der Waals surface area contributed by atoms with Crippen molar-refractivity contribution in [3.8, 4) is 0 Å². The second kappa shape index (κ2) is 7.13. The summed E-state index contributed by atoms with van der Waals surface area (Å²) in [6.45, 7) is 5.59. The predicted octanol–water partition coefficient (Wildman–Crippen LogP) is 2.99. The number of rotatable bonds is 3. The van der Waals surface area contributed by atoms with Gasteiger partial charge in [-0.25, -0.2) is 0 Å². The third kappa shape index (κ3) is 3.43. The first-order valence-electron chi connectivity index (χ1n) is 7.90. The van der Waals surface area contributed by atoms with Crippen LogP contribution in [0.15, 0.2) is 24.4 Å². The number of nitrogens with zero attached hydrogens (tertiary/aromatic N) is 4. The highest BCUT2D eigenvalue weighted by molar-refractivity contribution is 6.35. The van der Waals surface area contributed by atoms with Gasteiger partial charge in [0.1, 0.15) is 0 Å². The minimum Gasteiger partial charge on any atom is -0.336 e. The summed E-state index contributed by atoms with van der Waals surface area (Å²) in [5.41, 5.74) is 2.52. The van der Waals surface area contributed by atoms with Crippen LogP contribution in [0.1, 0.15) is 21.6 Å². The summed E-state index contributed by atoms with van der Waals surface area (Å²) in [5, 5.41) is 5.53. The first-order chi connectivity index (χ1) is 11.5. The summed E-state index contributed by atoms with van der Waals surface area (Å²) in [6.07, 6.45) is 1.65. The van der Waals surface area contributed by atoms with E-state index in [0.29, 0.717) is 35.2 Å². The van der Waals surface area contributed by atoms with Gasteiger partial charge in [0, 0.05) is 61.1 Å². The topological polar surface area (TPSA) is 41.4 Å². The highest BCUT2D eigenvalue weighted by atomic mass is 35.5. The molecule has 1 aromatic heterocycles. The zero-order valence-electron chi connectivity index (χ0n) is 13.8. The van der Waals surface area contributed by atoms with Gasteiger partial charge in [-0.05, 0) is 19.1 Å². The van der Waals surface area contributed by atoms with Gasteiger partial charge in [-0.2, -0.15) is 5.10 Å². The molecule has 0 spiro atoms. The van der Waals surface area contributed by atoms with Crippen molar-refractivity contribution >= 4 is 29.1 Å². The van der Waals surface area contributed by atoms with E-state index in [4.69, 9.17) is 23.2 Å². The van der Waals surface area contributed by atoms with Crippen molar-refractivity contribution in [3.05, 3.63) is 51.3 Å². The maximum Gasteiger partial charge on any atom is 0.257 e. The van der Waals surface area contributed by atoms with Crippen molar-refractivity contribution in [1.29, 1.82) is 0 Å². The highest BCUT2D eigenvalue weighted by Crippen LogP contribution is 2.26. The number of hydrogen-bond donors (Lipinski definition) is 0. The van der Waals surface area contributed by atoms with Crippen molar-refractivity contribution in [2.75, 3.05) is 26.2 Å². The van der Waals surface area contributed by atoms with Crippen LogP contribution in [0, 0.1) is 6.92 Å². The van der Waals surface area contributed by atoms with E-state index in [2.05, 4.69) is 10.00 Å². The lowest BCUT2D eigenvalue weighted by Crippen LogP contribution is -2.48. The molecule has 0 bridgehead atoms. The predicted molar refractivity (Wildman–Crippen MR) is 95.6 cm³/mol.